The Hall–Kier alpha value is -2.37. The summed E-state index contributed by atoms with van der Waals surface area (Å²) in [6.07, 6.45) is -0.626. The van der Waals surface area contributed by atoms with Crippen LogP contribution in [0.25, 0.3) is 11.1 Å². The van der Waals surface area contributed by atoms with E-state index in [9.17, 15) is 9.90 Å². The van der Waals surface area contributed by atoms with Gasteiger partial charge < -0.3 is 19.6 Å². The van der Waals surface area contributed by atoms with Crippen molar-refractivity contribution < 1.29 is 14.6 Å². The molecule has 5 heteroatoms. The van der Waals surface area contributed by atoms with E-state index in [2.05, 4.69) is 17.0 Å². The summed E-state index contributed by atoms with van der Waals surface area (Å²) in [5.41, 5.74) is 3.80. The third-order valence-electron chi connectivity index (χ3n) is 4.83. The number of likely N-dealkylation sites (N-methyl/N-ethyl adjacent to an activating group) is 1. The number of ether oxygens (including phenoxy) is 1. The van der Waals surface area contributed by atoms with Crippen molar-refractivity contribution in [3.8, 4) is 11.1 Å². The molecule has 0 bridgehead atoms. The van der Waals surface area contributed by atoms with Crippen LogP contribution in [0, 0.1) is 0 Å². The van der Waals surface area contributed by atoms with Gasteiger partial charge in [-0.05, 0) is 42.3 Å². The van der Waals surface area contributed by atoms with Crippen molar-refractivity contribution in [3.63, 3.8) is 0 Å². The van der Waals surface area contributed by atoms with E-state index in [1.807, 2.05) is 57.4 Å². The molecule has 1 heterocycles. The first-order valence-corrected chi connectivity index (χ1v) is 8.96. The zero-order valence-electron chi connectivity index (χ0n) is 15.6. The Balaban J connectivity index is 1.89. The molecule has 0 aliphatic carbocycles. The van der Waals surface area contributed by atoms with E-state index >= 15 is 0 Å². The lowest BCUT2D eigenvalue weighted by Gasteiger charge is -2.29. The van der Waals surface area contributed by atoms with E-state index in [1.54, 1.807) is 4.90 Å². The molecule has 0 unspecified atom stereocenters. The number of aliphatic hydroxyl groups excluding tert-OH is 1. The van der Waals surface area contributed by atoms with Crippen molar-refractivity contribution >= 4 is 11.6 Å². The van der Waals surface area contributed by atoms with E-state index in [4.69, 9.17) is 4.74 Å². The lowest BCUT2D eigenvalue weighted by atomic mass is 10.0. The number of hydrogen-bond donors (Lipinski definition) is 1. The summed E-state index contributed by atoms with van der Waals surface area (Å²) in [5, 5.41) is 10.1. The van der Waals surface area contributed by atoms with Crippen LogP contribution in [0.3, 0.4) is 0 Å². The molecule has 1 amide bonds. The highest BCUT2D eigenvalue weighted by atomic mass is 16.5. The highest BCUT2D eigenvalue weighted by Gasteiger charge is 2.34. The number of amides is 1. The second kappa shape index (κ2) is 7.89. The number of anilines is 1. The third-order valence-corrected chi connectivity index (χ3v) is 4.83. The lowest BCUT2D eigenvalue weighted by molar-refractivity contribution is 0.0520. The van der Waals surface area contributed by atoms with Crippen LogP contribution >= 0.6 is 0 Å². The average Bonchev–Trinajstić information content (AvgIpc) is 3.08. The summed E-state index contributed by atoms with van der Waals surface area (Å²) in [6, 6.07) is 15.6. The number of aliphatic hydroxyl groups is 1. The van der Waals surface area contributed by atoms with Gasteiger partial charge in [0.05, 0.1) is 25.4 Å². The van der Waals surface area contributed by atoms with Gasteiger partial charge in [-0.1, -0.05) is 24.3 Å². The van der Waals surface area contributed by atoms with E-state index in [1.165, 1.54) is 0 Å². The molecule has 5 nitrogen and oxygen atoms in total. The number of rotatable bonds is 5. The molecule has 138 valence electrons. The molecule has 1 saturated heterocycles. The Labute approximate surface area is 154 Å². The van der Waals surface area contributed by atoms with E-state index in [0.717, 1.165) is 16.8 Å². The lowest BCUT2D eigenvalue weighted by Crippen LogP contribution is -2.46. The molecule has 2 aromatic rings. The van der Waals surface area contributed by atoms with Crippen LogP contribution in [0.4, 0.5) is 5.69 Å². The van der Waals surface area contributed by atoms with Gasteiger partial charge in [0.1, 0.15) is 0 Å². The SMILES string of the molecule is CCN(C(=O)c1cccc(-c2cccc(N(C)C)c2)c1)[C@@H]1COC[C@H]1O. The molecule has 2 aromatic carbocycles. The minimum Gasteiger partial charge on any atom is -0.388 e. The predicted molar refractivity (Wildman–Crippen MR) is 104 cm³/mol. The van der Waals surface area contributed by atoms with Crippen molar-refractivity contribution in [2.45, 2.75) is 19.1 Å². The molecular formula is C21H26N2O3. The number of benzene rings is 2. The molecule has 26 heavy (non-hydrogen) atoms. The Morgan fingerprint density at radius 2 is 1.81 bits per heavy atom. The maximum absolute atomic E-state index is 13.0. The molecule has 2 atom stereocenters. The van der Waals surface area contributed by atoms with Crippen LogP contribution in [-0.4, -0.2) is 61.9 Å². The molecular weight excluding hydrogens is 328 g/mol. The summed E-state index contributed by atoms with van der Waals surface area (Å²) in [6.45, 7) is 3.12. The van der Waals surface area contributed by atoms with Crippen LogP contribution in [-0.2, 0) is 4.74 Å². The molecule has 0 saturated carbocycles. The fourth-order valence-electron chi connectivity index (χ4n) is 3.32. The van der Waals surface area contributed by atoms with E-state index in [0.29, 0.717) is 18.7 Å². The van der Waals surface area contributed by atoms with Crippen LogP contribution in [0.15, 0.2) is 48.5 Å². The number of hydrogen-bond acceptors (Lipinski definition) is 4. The molecule has 1 N–H and O–H groups in total. The topological polar surface area (TPSA) is 53.0 Å². The normalized spacial score (nSPS) is 19.4. The van der Waals surface area contributed by atoms with Gasteiger partial charge >= 0.3 is 0 Å². The molecule has 0 radical (unpaired) electrons. The Kier molecular flexibility index (Phi) is 5.59. The number of carbonyl (C=O) groups is 1. The van der Waals surface area contributed by atoms with Crippen molar-refractivity contribution in [1.29, 1.82) is 0 Å². The van der Waals surface area contributed by atoms with Crippen molar-refractivity contribution in [2.75, 3.05) is 38.8 Å². The second-order valence-corrected chi connectivity index (χ2v) is 6.79. The highest BCUT2D eigenvalue weighted by molar-refractivity contribution is 5.95. The predicted octanol–water partition coefficient (Wildman–Crippen LogP) is 2.64. The summed E-state index contributed by atoms with van der Waals surface area (Å²) < 4.78 is 5.32. The third kappa shape index (κ3) is 3.74. The second-order valence-electron chi connectivity index (χ2n) is 6.79. The maximum atomic E-state index is 13.0. The molecule has 1 aliphatic rings. The summed E-state index contributed by atoms with van der Waals surface area (Å²) in [5.74, 6) is -0.0762. The molecule has 1 aliphatic heterocycles. The fraction of sp³-hybridized carbons (Fsp3) is 0.381. The highest BCUT2D eigenvalue weighted by Crippen LogP contribution is 2.26. The van der Waals surface area contributed by atoms with Crippen LogP contribution in [0.5, 0.6) is 0 Å². The van der Waals surface area contributed by atoms with Gasteiger partial charge in [-0.15, -0.1) is 0 Å². The molecule has 1 fully saturated rings. The molecule has 0 spiro atoms. The maximum Gasteiger partial charge on any atom is 0.254 e. The van der Waals surface area contributed by atoms with Crippen molar-refractivity contribution in [2.24, 2.45) is 0 Å². The van der Waals surface area contributed by atoms with Gasteiger partial charge in [0.15, 0.2) is 0 Å². The first kappa shape index (κ1) is 18.4. The van der Waals surface area contributed by atoms with Gasteiger partial charge in [0.25, 0.3) is 5.91 Å². The fourth-order valence-corrected chi connectivity index (χ4v) is 3.32. The summed E-state index contributed by atoms with van der Waals surface area (Å²) in [4.78, 5) is 16.8. The van der Waals surface area contributed by atoms with Gasteiger partial charge in [-0.3, -0.25) is 4.79 Å². The standard InChI is InChI=1S/C21H26N2O3/c1-4-23(19-13-26-14-20(19)24)21(25)17-9-5-7-15(11-17)16-8-6-10-18(12-16)22(2)3/h5-12,19-20,24H,4,13-14H2,1-3H3/t19-,20-/m1/s1. The van der Waals surface area contributed by atoms with Gasteiger partial charge in [-0.2, -0.15) is 0 Å². The monoisotopic (exact) mass is 354 g/mol. The van der Waals surface area contributed by atoms with Crippen LogP contribution < -0.4 is 4.90 Å². The average molecular weight is 354 g/mol. The van der Waals surface area contributed by atoms with E-state index in [-0.39, 0.29) is 18.6 Å². The van der Waals surface area contributed by atoms with Gasteiger partial charge in [0.2, 0.25) is 0 Å². The van der Waals surface area contributed by atoms with Gasteiger partial charge in [0, 0.05) is 31.9 Å². The molecule has 0 aromatic heterocycles. The van der Waals surface area contributed by atoms with E-state index < -0.39 is 6.10 Å². The molecule has 3 rings (SSSR count). The Bertz CT molecular complexity index is 775. The van der Waals surface area contributed by atoms with Gasteiger partial charge in [-0.25, -0.2) is 0 Å². The largest absolute Gasteiger partial charge is 0.388 e. The minimum atomic E-state index is -0.626. The smallest absolute Gasteiger partial charge is 0.254 e. The zero-order valence-corrected chi connectivity index (χ0v) is 15.6. The quantitative estimate of drug-likeness (QED) is 0.897. The Morgan fingerprint density at radius 1 is 1.12 bits per heavy atom. The van der Waals surface area contributed by atoms with Crippen LogP contribution in [0.2, 0.25) is 0 Å². The number of carbonyl (C=O) groups excluding carboxylic acids is 1. The minimum absolute atomic E-state index is 0.0762. The summed E-state index contributed by atoms with van der Waals surface area (Å²) in [7, 11) is 4.01. The van der Waals surface area contributed by atoms with Crippen molar-refractivity contribution in [3.05, 3.63) is 54.1 Å². The summed E-state index contributed by atoms with van der Waals surface area (Å²) >= 11 is 0. The Morgan fingerprint density at radius 3 is 2.42 bits per heavy atom. The zero-order chi connectivity index (χ0) is 18.7. The first-order chi connectivity index (χ1) is 12.5. The van der Waals surface area contributed by atoms with Crippen LogP contribution in [0.1, 0.15) is 17.3 Å². The van der Waals surface area contributed by atoms with Crippen molar-refractivity contribution in [1.82, 2.24) is 4.90 Å². The first-order valence-electron chi connectivity index (χ1n) is 8.96. The number of nitrogens with zero attached hydrogens (tertiary/aromatic N) is 2.